The van der Waals surface area contributed by atoms with Crippen LogP contribution < -0.4 is 19.3 Å². The number of methoxy groups -OCH3 is 3. The van der Waals surface area contributed by atoms with Crippen LogP contribution in [0.4, 0.5) is 11.4 Å². The Kier molecular flexibility index (Phi) is 19.1. The second kappa shape index (κ2) is 24.0. The first-order chi connectivity index (χ1) is 31.1. The van der Waals surface area contributed by atoms with E-state index in [1.165, 1.54) is 25.7 Å². The number of amides is 4. The molecule has 2 aliphatic heterocycles. The van der Waals surface area contributed by atoms with Crippen molar-refractivity contribution in [3.8, 4) is 11.5 Å². The van der Waals surface area contributed by atoms with Crippen molar-refractivity contribution >= 4 is 35.0 Å². The lowest BCUT2D eigenvalue weighted by Gasteiger charge is -2.41. The van der Waals surface area contributed by atoms with Gasteiger partial charge in [-0.1, -0.05) is 38.5 Å². The predicted molar refractivity (Wildman–Crippen MR) is 253 cm³/mol. The molecular formula is C51H78N4O10. The van der Waals surface area contributed by atoms with E-state index in [0.717, 1.165) is 64.2 Å². The number of anilines is 2. The average Bonchev–Trinajstić information content (AvgIpc) is 3.29. The molecule has 2 aromatic carbocycles. The molecule has 2 atom stereocenters. The Morgan fingerprint density at radius 3 is 1.42 bits per heavy atom. The molecule has 14 heteroatoms. The number of aliphatic hydroxyl groups excluding tert-OH is 1. The van der Waals surface area contributed by atoms with E-state index in [2.05, 4.69) is 27.7 Å². The van der Waals surface area contributed by atoms with Crippen LogP contribution in [-0.4, -0.2) is 135 Å². The van der Waals surface area contributed by atoms with Gasteiger partial charge in [-0.05, 0) is 129 Å². The van der Waals surface area contributed by atoms with Gasteiger partial charge in [0.25, 0.3) is 23.6 Å². The normalized spacial score (nSPS) is 21.3. The molecule has 362 valence electrons. The number of aliphatic hydroxyl groups is 1. The van der Waals surface area contributed by atoms with Crippen LogP contribution in [0.25, 0.3) is 0 Å². The van der Waals surface area contributed by atoms with Gasteiger partial charge in [0.2, 0.25) is 11.2 Å². The summed E-state index contributed by atoms with van der Waals surface area (Å²) in [4.78, 5) is 61.3. The molecule has 2 fully saturated rings. The van der Waals surface area contributed by atoms with Crippen LogP contribution in [0.1, 0.15) is 152 Å². The molecule has 2 saturated carbocycles. The fourth-order valence-electron chi connectivity index (χ4n) is 9.86. The number of hydrogen-bond donors (Lipinski definition) is 1. The topological polar surface area (TPSA) is 148 Å². The van der Waals surface area contributed by atoms with E-state index >= 15 is 0 Å². The van der Waals surface area contributed by atoms with Gasteiger partial charge in [0, 0.05) is 82.9 Å². The second-order valence-corrected chi connectivity index (χ2v) is 19.1. The lowest BCUT2D eigenvalue weighted by molar-refractivity contribution is -0.138. The fraction of sp³-hybridized carbons (Fsp3) is 0.686. The summed E-state index contributed by atoms with van der Waals surface area (Å²) >= 11 is 0. The van der Waals surface area contributed by atoms with Gasteiger partial charge in [-0.2, -0.15) is 0 Å². The Morgan fingerprint density at radius 1 is 0.646 bits per heavy atom. The van der Waals surface area contributed by atoms with Crippen LogP contribution in [0.3, 0.4) is 0 Å². The van der Waals surface area contributed by atoms with Gasteiger partial charge in [-0.25, -0.2) is 0 Å². The Hall–Kier alpha value is -4.24. The van der Waals surface area contributed by atoms with E-state index in [9.17, 15) is 24.3 Å². The fourth-order valence-corrected chi connectivity index (χ4v) is 9.86. The van der Waals surface area contributed by atoms with E-state index in [1.54, 1.807) is 63.2 Å². The Balaban J connectivity index is 0.000000244. The van der Waals surface area contributed by atoms with Crippen molar-refractivity contribution in [2.75, 3.05) is 70.6 Å². The van der Waals surface area contributed by atoms with E-state index in [-0.39, 0.29) is 54.4 Å². The summed E-state index contributed by atoms with van der Waals surface area (Å²) < 4.78 is 27.6. The molecule has 1 N–H and O–H groups in total. The van der Waals surface area contributed by atoms with Crippen LogP contribution in [0, 0.1) is 0 Å². The molecule has 65 heavy (non-hydrogen) atoms. The number of benzene rings is 2. The summed E-state index contributed by atoms with van der Waals surface area (Å²) in [6, 6.07) is 11.5. The number of nitrogens with zero attached hydrogens (tertiary/aromatic N) is 4. The number of carbonyl (C=O) groups excluding carboxylic acids is 4. The summed E-state index contributed by atoms with van der Waals surface area (Å²) in [5.74, 6) is 0.701. The zero-order chi connectivity index (χ0) is 47.3. The molecule has 6 rings (SSSR count). The largest absolute Gasteiger partial charge is 0.473 e. The van der Waals surface area contributed by atoms with E-state index < -0.39 is 17.8 Å². The van der Waals surface area contributed by atoms with Gasteiger partial charge >= 0.3 is 0 Å². The summed E-state index contributed by atoms with van der Waals surface area (Å²) in [6.45, 7) is 13.6. The van der Waals surface area contributed by atoms with Gasteiger partial charge in [0.15, 0.2) is 0 Å². The zero-order valence-electron chi connectivity index (χ0n) is 40.8. The maximum atomic E-state index is 13.6. The minimum absolute atomic E-state index is 0.00280. The van der Waals surface area contributed by atoms with Gasteiger partial charge in [0.1, 0.15) is 11.5 Å². The van der Waals surface area contributed by atoms with Gasteiger partial charge < -0.3 is 48.4 Å². The molecule has 0 bridgehead atoms. The van der Waals surface area contributed by atoms with Crippen molar-refractivity contribution in [3.05, 3.63) is 47.5 Å². The molecular weight excluding hydrogens is 829 g/mol. The average molecular weight is 907 g/mol. The summed E-state index contributed by atoms with van der Waals surface area (Å²) in [7, 11) is 4.89. The Bertz CT molecular complexity index is 1900. The van der Waals surface area contributed by atoms with Crippen molar-refractivity contribution in [2.45, 2.75) is 167 Å². The number of rotatable bonds is 19. The molecule has 2 aromatic rings. The highest BCUT2D eigenvalue weighted by Crippen LogP contribution is 2.41. The summed E-state index contributed by atoms with van der Waals surface area (Å²) in [5, 5.41) is 9.84. The highest BCUT2D eigenvalue weighted by Gasteiger charge is 2.46. The first-order valence-corrected chi connectivity index (χ1v) is 24.2. The highest BCUT2D eigenvalue weighted by atomic mass is 16.5. The number of hydrogen-bond acceptors (Lipinski definition) is 10. The van der Waals surface area contributed by atoms with E-state index in [0.29, 0.717) is 60.3 Å². The number of fused-ring (bicyclic) bond motifs is 2. The maximum absolute atomic E-state index is 13.6. The van der Waals surface area contributed by atoms with Crippen molar-refractivity contribution < 1.29 is 48.0 Å². The SMILES string of the molecule is COCCCCN1C(=O)C(C)(CO)Oc2ccc(C(=O)N(C(C)C)C3CCCCC3)cc21.COCCCCN1C(=O)C(C)(COC)Oc2ccc(C(=O)N(C(C)C)C3CCCCC3)cc21. The third-order valence-corrected chi connectivity index (χ3v) is 13.3. The van der Waals surface area contributed by atoms with Crippen molar-refractivity contribution in [3.63, 3.8) is 0 Å². The van der Waals surface area contributed by atoms with Crippen LogP contribution in [0.5, 0.6) is 11.5 Å². The molecule has 2 heterocycles. The van der Waals surface area contributed by atoms with Gasteiger partial charge in [-0.3, -0.25) is 19.2 Å². The summed E-state index contributed by atoms with van der Waals surface area (Å²) in [6.07, 6.45) is 14.5. The lowest BCUT2D eigenvalue weighted by Crippen LogP contribution is -2.57. The molecule has 2 unspecified atom stereocenters. The third kappa shape index (κ3) is 12.4. The Labute approximate surface area is 388 Å². The lowest BCUT2D eigenvalue weighted by atomic mass is 9.92. The third-order valence-electron chi connectivity index (χ3n) is 13.3. The number of ether oxygens (including phenoxy) is 5. The monoisotopic (exact) mass is 907 g/mol. The minimum atomic E-state index is -1.33. The quantitative estimate of drug-likeness (QED) is 0.137. The maximum Gasteiger partial charge on any atom is 0.273 e. The van der Waals surface area contributed by atoms with Gasteiger partial charge in [0.05, 0.1) is 24.6 Å². The standard InChI is InChI=1S/C26H40N2O5.C25H38N2O5/c1-19(2)28(21-11-7-6-8-12-21)24(29)20-13-14-23-22(17-20)27(15-9-10-16-31-4)25(30)26(3,33-23)18-32-5;1-18(2)27(20-10-6-5-7-11-20)23(29)19-12-13-22-21(16-19)26(14-8-9-15-31-4)24(30)25(3,17-28)32-22/h13-14,17,19,21H,6-12,15-16,18H2,1-5H3;12-13,16,18,20,28H,5-11,14-15,17H2,1-4H3. The highest BCUT2D eigenvalue weighted by molar-refractivity contribution is 6.06. The van der Waals surface area contributed by atoms with Crippen LogP contribution in [0.2, 0.25) is 0 Å². The molecule has 4 aliphatic rings. The first-order valence-electron chi connectivity index (χ1n) is 24.2. The molecule has 0 aromatic heterocycles. The molecule has 0 radical (unpaired) electrons. The second-order valence-electron chi connectivity index (χ2n) is 19.1. The minimum Gasteiger partial charge on any atom is -0.473 e. The van der Waals surface area contributed by atoms with Crippen LogP contribution in [-0.2, 0) is 23.8 Å². The molecule has 0 spiro atoms. The number of unbranched alkanes of at least 4 members (excludes halogenated alkanes) is 2. The van der Waals surface area contributed by atoms with Crippen LogP contribution in [0.15, 0.2) is 36.4 Å². The van der Waals surface area contributed by atoms with E-state index in [1.807, 2.05) is 28.0 Å². The van der Waals surface area contributed by atoms with Crippen molar-refractivity contribution in [2.24, 2.45) is 0 Å². The van der Waals surface area contributed by atoms with Crippen molar-refractivity contribution in [1.82, 2.24) is 9.80 Å². The predicted octanol–water partition coefficient (Wildman–Crippen LogP) is 8.20. The van der Waals surface area contributed by atoms with E-state index in [4.69, 9.17) is 23.7 Å². The zero-order valence-corrected chi connectivity index (χ0v) is 40.8. The number of carbonyl (C=O) groups is 4. The van der Waals surface area contributed by atoms with Crippen LogP contribution >= 0.6 is 0 Å². The summed E-state index contributed by atoms with van der Waals surface area (Å²) in [5.41, 5.74) is -0.0109. The molecule has 0 saturated heterocycles. The molecule has 4 amide bonds. The molecule has 14 nitrogen and oxygen atoms in total. The first kappa shape index (κ1) is 51.7. The van der Waals surface area contributed by atoms with Crippen molar-refractivity contribution in [1.29, 1.82) is 0 Å². The molecule has 2 aliphatic carbocycles. The Morgan fingerprint density at radius 2 is 1.05 bits per heavy atom. The van der Waals surface area contributed by atoms with Gasteiger partial charge in [-0.15, -0.1) is 0 Å². The smallest absolute Gasteiger partial charge is 0.273 e.